The first-order valence-electron chi connectivity index (χ1n) is 10.9. The molecule has 0 unspecified atom stereocenters. The van der Waals surface area contributed by atoms with Crippen molar-refractivity contribution in [3.8, 4) is 5.88 Å². The van der Waals surface area contributed by atoms with Crippen molar-refractivity contribution in [2.75, 3.05) is 13.1 Å². The summed E-state index contributed by atoms with van der Waals surface area (Å²) in [7, 11) is -3.49. The van der Waals surface area contributed by atoms with Crippen LogP contribution in [0.4, 0.5) is 0 Å². The SMILES string of the molecule is O=C(NC1CCC(Oc2cnccn2)CC1)c1ccc(S(=O)(=O)N2CCCCC2)cc1. The second-order valence-corrected chi connectivity index (χ2v) is 10.0. The first-order valence-corrected chi connectivity index (χ1v) is 12.3. The van der Waals surface area contributed by atoms with E-state index in [-0.39, 0.29) is 22.9 Å². The molecule has 0 atom stereocenters. The number of carbonyl (C=O) groups is 1. The molecule has 1 aromatic carbocycles. The maximum absolute atomic E-state index is 12.8. The van der Waals surface area contributed by atoms with Gasteiger partial charge in [-0.15, -0.1) is 0 Å². The second kappa shape index (κ2) is 9.74. The zero-order chi connectivity index (χ0) is 21.7. The van der Waals surface area contributed by atoms with E-state index >= 15 is 0 Å². The maximum Gasteiger partial charge on any atom is 0.251 e. The van der Waals surface area contributed by atoms with Gasteiger partial charge in [0.15, 0.2) is 0 Å². The zero-order valence-electron chi connectivity index (χ0n) is 17.4. The Kier molecular flexibility index (Phi) is 6.82. The fourth-order valence-electron chi connectivity index (χ4n) is 4.14. The fraction of sp³-hybridized carbons (Fsp3) is 0.500. The number of nitrogens with zero attached hydrogens (tertiary/aromatic N) is 3. The summed E-state index contributed by atoms with van der Waals surface area (Å²) in [6.07, 6.45) is 11.0. The normalized spacial score (nSPS) is 22.6. The van der Waals surface area contributed by atoms with Crippen molar-refractivity contribution in [2.24, 2.45) is 0 Å². The van der Waals surface area contributed by atoms with Gasteiger partial charge in [-0.2, -0.15) is 4.31 Å². The summed E-state index contributed by atoms with van der Waals surface area (Å²) in [5.41, 5.74) is 0.468. The average molecular weight is 445 g/mol. The lowest BCUT2D eigenvalue weighted by atomic mass is 9.92. The van der Waals surface area contributed by atoms with Crippen LogP contribution in [0.15, 0.2) is 47.8 Å². The number of carbonyl (C=O) groups excluding carboxylic acids is 1. The molecule has 31 heavy (non-hydrogen) atoms. The minimum absolute atomic E-state index is 0.0733. The van der Waals surface area contributed by atoms with Crippen molar-refractivity contribution < 1.29 is 17.9 Å². The van der Waals surface area contributed by atoms with Crippen LogP contribution in [-0.4, -0.2) is 53.8 Å². The van der Waals surface area contributed by atoms with Crippen LogP contribution in [0.25, 0.3) is 0 Å². The minimum Gasteiger partial charge on any atom is -0.473 e. The molecular weight excluding hydrogens is 416 g/mol. The van der Waals surface area contributed by atoms with Crippen LogP contribution in [0.3, 0.4) is 0 Å². The van der Waals surface area contributed by atoms with Crippen molar-refractivity contribution >= 4 is 15.9 Å². The number of amides is 1. The molecule has 166 valence electrons. The number of rotatable bonds is 6. The Balaban J connectivity index is 1.29. The highest BCUT2D eigenvalue weighted by atomic mass is 32.2. The topological polar surface area (TPSA) is 101 Å². The van der Waals surface area contributed by atoms with Gasteiger partial charge in [0.05, 0.1) is 11.1 Å². The molecule has 2 heterocycles. The van der Waals surface area contributed by atoms with Gasteiger partial charge in [0.25, 0.3) is 5.91 Å². The molecular formula is C22H28N4O4S. The van der Waals surface area contributed by atoms with E-state index in [9.17, 15) is 13.2 Å². The molecule has 0 radical (unpaired) electrons. The lowest BCUT2D eigenvalue weighted by Crippen LogP contribution is -2.39. The first kappa shape index (κ1) is 21.7. The number of hydrogen-bond donors (Lipinski definition) is 1. The van der Waals surface area contributed by atoms with E-state index in [1.807, 2.05) is 0 Å². The van der Waals surface area contributed by atoms with Gasteiger partial charge in [-0.3, -0.25) is 9.78 Å². The summed E-state index contributed by atoms with van der Waals surface area (Å²) in [4.78, 5) is 21.0. The van der Waals surface area contributed by atoms with Crippen LogP contribution in [-0.2, 0) is 10.0 Å². The molecule has 2 fully saturated rings. The largest absolute Gasteiger partial charge is 0.473 e. The molecule has 0 spiro atoms. The fourth-order valence-corrected chi connectivity index (χ4v) is 5.66. The van der Waals surface area contributed by atoms with E-state index in [0.29, 0.717) is 24.5 Å². The number of ether oxygens (including phenoxy) is 1. The van der Waals surface area contributed by atoms with E-state index in [1.54, 1.807) is 30.7 Å². The average Bonchev–Trinajstić information content (AvgIpc) is 2.82. The lowest BCUT2D eigenvalue weighted by molar-refractivity contribution is 0.0889. The molecule has 1 aliphatic heterocycles. The lowest BCUT2D eigenvalue weighted by Gasteiger charge is -2.29. The second-order valence-electron chi connectivity index (χ2n) is 8.10. The highest BCUT2D eigenvalue weighted by Gasteiger charge is 2.27. The van der Waals surface area contributed by atoms with Crippen molar-refractivity contribution in [3.05, 3.63) is 48.4 Å². The summed E-state index contributed by atoms with van der Waals surface area (Å²) in [6.45, 7) is 1.13. The maximum atomic E-state index is 12.8. The summed E-state index contributed by atoms with van der Waals surface area (Å²) in [5.74, 6) is 0.342. The molecule has 8 nitrogen and oxygen atoms in total. The number of nitrogens with one attached hydrogen (secondary N) is 1. The van der Waals surface area contributed by atoms with Gasteiger partial charge < -0.3 is 10.1 Å². The Morgan fingerprint density at radius 1 is 1.00 bits per heavy atom. The quantitative estimate of drug-likeness (QED) is 0.735. The minimum atomic E-state index is -3.49. The number of hydrogen-bond acceptors (Lipinski definition) is 6. The molecule has 9 heteroatoms. The Bertz CT molecular complexity index is 968. The molecule has 0 bridgehead atoms. The first-order chi connectivity index (χ1) is 15.0. The number of piperidine rings is 1. The third-order valence-electron chi connectivity index (χ3n) is 5.91. The molecule has 4 rings (SSSR count). The van der Waals surface area contributed by atoms with Gasteiger partial charge in [0.1, 0.15) is 6.10 Å². The number of aromatic nitrogens is 2. The van der Waals surface area contributed by atoms with E-state index in [0.717, 1.165) is 44.9 Å². The summed E-state index contributed by atoms with van der Waals surface area (Å²) >= 11 is 0. The Morgan fingerprint density at radius 3 is 2.35 bits per heavy atom. The summed E-state index contributed by atoms with van der Waals surface area (Å²) in [5, 5.41) is 3.06. The Labute approximate surface area is 183 Å². The van der Waals surface area contributed by atoms with Gasteiger partial charge >= 0.3 is 0 Å². The molecule has 1 N–H and O–H groups in total. The third kappa shape index (κ3) is 5.40. The van der Waals surface area contributed by atoms with Crippen LogP contribution in [0, 0.1) is 0 Å². The molecule has 2 aliphatic rings. The Hall–Kier alpha value is -2.52. The van der Waals surface area contributed by atoms with Crippen LogP contribution < -0.4 is 10.1 Å². The van der Waals surface area contributed by atoms with E-state index in [1.165, 1.54) is 16.4 Å². The predicted octanol–water partition coefficient (Wildman–Crippen LogP) is 2.77. The van der Waals surface area contributed by atoms with Crippen LogP contribution in [0.2, 0.25) is 0 Å². The van der Waals surface area contributed by atoms with Crippen LogP contribution in [0.5, 0.6) is 5.88 Å². The zero-order valence-corrected chi connectivity index (χ0v) is 18.3. The van der Waals surface area contributed by atoms with Gasteiger partial charge in [-0.05, 0) is 62.8 Å². The highest BCUT2D eigenvalue weighted by Crippen LogP contribution is 2.24. The van der Waals surface area contributed by atoms with E-state index in [2.05, 4.69) is 15.3 Å². The van der Waals surface area contributed by atoms with Crippen LogP contribution >= 0.6 is 0 Å². The van der Waals surface area contributed by atoms with Crippen molar-refractivity contribution in [3.63, 3.8) is 0 Å². The smallest absolute Gasteiger partial charge is 0.251 e. The summed E-state index contributed by atoms with van der Waals surface area (Å²) < 4.78 is 32.9. The molecule has 1 saturated carbocycles. The van der Waals surface area contributed by atoms with Crippen LogP contribution in [0.1, 0.15) is 55.3 Å². The van der Waals surface area contributed by atoms with Crippen molar-refractivity contribution in [1.29, 1.82) is 0 Å². The monoisotopic (exact) mass is 444 g/mol. The highest BCUT2D eigenvalue weighted by molar-refractivity contribution is 7.89. The number of benzene rings is 1. The molecule has 1 aliphatic carbocycles. The van der Waals surface area contributed by atoms with Crippen molar-refractivity contribution in [1.82, 2.24) is 19.6 Å². The third-order valence-corrected chi connectivity index (χ3v) is 7.82. The van der Waals surface area contributed by atoms with Gasteiger partial charge in [0, 0.05) is 37.1 Å². The predicted molar refractivity (Wildman–Crippen MR) is 115 cm³/mol. The van der Waals surface area contributed by atoms with Crippen molar-refractivity contribution in [2.45, 2.75) is 62.0 Å². The molecule has 1 amide bonds. The van der Waals surface area contributed by atoms with E-state index in [4.69, 9.17) is 4.74 Å². The molecule has 1 saturated heterocycles. The van der Waals surface area contributed by atoms with Gasteiger partial charge in [-0.25, -0.2) is 13.4 Å². The van der Waals surface area contributed by atoms with E-state index < -0.39 is 10.0 Å². The molecule has 1 aromatic heterocycles. The van der Waals surface area contributed by atoms with Gasteiger partial charge in [-0.1, -0.05) is 6.42 Å². The van der Waals surface area contributed by atoms with Gasteiger partial charge in [0.2, 0.25) is 15.9 Å². The summed E-state index contributed by atoms with van der Waals surface area (Å²) in [6, 6.07) is 6.32. The standard InChI is InChI=1S/C22H28N4O4S/c27-22(25-18-6-8-19(9-7-18)30-21-16-23-12-13-24-21)17-4-10-20(11-5-17)31(28,29)26-14-2-1-3-15-26/h4-5,10-13,16,18-19H,1-3,6-9,14-15H2,(H,25,27). The number of sulfonamides is 1. The Morgan fingerprint density at radius 2 is 1.71 bits per heavy atom. The molecule has 2 aromatic rings.